The van der Waals surface area contributed by atoms with E-state index < -0.39 is 0 Å². The Morgan fingerprint density at radius 3 is 1.23 bits per heavy atom. The summed E-state index contributed by atoms with van der Waals surface area (Å²) >= 11 is 0. The van der Waals surface area contributed by atoms with Crippen LogP contribution >= 0.6 is 0 Å². The Labute approximate surface area is 153 Å². The van der Waals surface area contributed by atoms with E-state index in [1.165, 1.54) is 0 Å². The molecule has 2 nitrogen and oxygen atoms in total. The van der Waals surface area contributed by atoms with E-state index in [1.807, 2.05) is 85.0 Å². The average Bonchev–Trinajstić information content (AvgIpc) is 2.71. The number of benzene rings is 3. The molecule has 0 aliphatic carbocycles. The molecule has 3 rings (SSSR count). The third kappa shape index (κ3) is 3.96. The summed E-state index contributed by atoms with van der Waals surface area (Å²) in [6.45, 7) is 0. The highest BCUT2D eigenvalue weighted by molar-refractivity contribution is 5.84. The SMILES string of the molecule is N#Cc1ccc(C#N)c(C=Cc2ccccc2)c1C=Cc1ccccc1. The second-order valence-electron chi connectivity index (χ2n) is 5.70. The summed E-state index contributed by atoms with van der Waals surface area (Å²) in [6, 6.07) is 27.6. The quantitative estimate of drug-likeness (QED) is 0.569. The predicted octanol–water partition coefficient (Wildman–Crippen LogP) is 5.77. The van der Waals surface area contributed by atoms with Crippen molar-refractivity contribution < 1.29 is 0 Å². The molecule has 122 valence electrons. The van der Waals surface area contributed by atoms with Crippen LogP contribution in [0.25, 0.3) is 24.3 Å². The summed E-state index contributed by atoms with van der Waals surface area (Å²) < 4.78 is 0. The lowest BCUT2D eigenvalue weighted by Gasteiger charge is -2.07. The van der Waals surface area contributed by atoms with Crippen LogP contribution in [0.1, 0.15) is 33.4 Å². The molecule has 0 saturated heterocycles. The normalized spacial score (nSPS) is 10.7. The van der Waals surface area contributed by atoms with Gasteiger partial charge in [-0.15, -0.1) is 0 Å². The maximum absolute atomic E-state index is 9.50. The van der Waals surface area contributed by atoms with Gasteiger partial charge in [0.2, 0.25) is 0 Å². The molecule has 0 aliphatic heterocycles. The van der Waals surface area contributed by atoms with Gasteiger partial charge in [0, 0.05) is 11.1 Å². The van der Waals surface area contributed by atoms with Gasteiger partial charge in [-0.25, -0.2) is 0 Å². The van der Waals surface area contributed by atoms with Crippen molar-refractivity contribution in [3.63, 3.8) is 0 Å². The van der Waals surface area contributed by atoms with E-state index in [1.54, 1.807) is 12.1 Å². The third-order valence-electron chi connectivity index (χ3n) is 4.01. The van der Waals surface area contributed by atoms with Crippen LogP contribution in [0.3, 0.4) is 0 Å². The second-order valence-corrected chi connectivity index (χ2v) is 5.70. The Bertz CT molecular complexity index is 945. The van der Waals surface area contributed by atoms with Crippen molar-refractivity contribution in [3.05, 3.63) is 106 Å². The lowest BCUT2D eigenvalue weighted by Crippen LogP contribution is -1.92. The van der Waals surface area contributed by atoms with E-state index in [0.717, 1.165) is 22.3 Å². The molecule has 0 unspecified atom stereocenters. The van der Waals surface area contributed by atoms with Crippen molar-refractivity contribution in [2.75, 3.05) is 0 Å². The summed E-state index contributed by atoms with van der Waals surface area (Å²) in [5.74, 6) is 0. The fourth-order valence-electron chi connectivity index (χ4n) is 2.68. The van der Waals surface area contributed by atoms with E-state index >= 15 is 0 Å². The van der Waals surface area contributed by atoms with Crippen LogP contribution in [0.4, 0.5) is 0 Å². The van der Waals surface area contributed by atoms with Gasteiger partial charge >= 0.3 is 0 Å². The molecule has 3 aromatic rings. The Hall–Kier alpha value is -3.88. The third-order valence-corrected chi connectivity index (χ3v) is 4.01. The number of nitriles is 2. The van der Waals surface area contributed by atoms with Gasteiger partial charge in [-0.3, -0.25) is 0 Å². The molecular weight excluding hydrogens is 316 g/mol. The summed E-state index contributed by atoms with van der Waals surface area (Å²) in [5, 5.41) is 19.0. The molecule has 0 saturated carbocycles. The molecule has 0 aliphatic rings. The molecular formula is C24H16N2. The number of hydrogen-bond acceptors (Lipinski definition) is 2. The Kier molecular flexibility index (Phi) is 5.41. The fourth-order valence-corrected chi connectivity index (χ4v) is 2.68. The van der Waals surface area contributed by atoms with Gasteiger partial charge in [0.15, 0.2) is 0 Å². The summed E-state index contributed by atoms with van der Waals surface area (Å²) in [6.07, 6.45) is 7.72. The maximum atomic E-state index is 9.50. The molecule has 26 heavy (non-hydrogen) atoms. The van der Waals surface area contributed by atoms with E-state index in [2.05, 4.69) is 12.1 Å². The molecule has 0 fully saturated rings. The molecule has 0 N–H and O–H groups in total. The van der Waals surface area contributed by atoms with Crippen LogP contribution < -0.4 is 0 Å². The Morgan fingerprint density at radius 2 is 0.885 bits per heavy atom. The summed E-state index contributed by atoms with van der Waals surface area (Å²) in [4.78, 5) is 0. The largest absolute Gasteiger partial charge is 0.192 e. The second kappa shape index (κ2) is 8.29. The molecule has 0 atom stereocenters. The average molecular weight is 332 g/mol. The van der Waals surface area contributed by atoms with E-state index in [-0.39, 0.29) is 0 Å². The number of rotatable bonds is 4. The van der Waals surface area contributed by atoms with Gasteiger partial charge < -0.3 is 0 Å². The summed E-state index contributed by atoms with van der Waals surface area (Å²) in [5.41, 5.74) is 4.67. The zero-order chi connectivity index (χ0) is 18.2. The first-order valence-electron chi connectivity index (χ1n) is 8.25. The zero-order valence-corrected chi connectivity index (χ0v) is 14.1. The molecule has 0 spiro atoms. The molecule has 2 heteroatoms. The van der Waals surface area contributed by atoms with Gasteiger partial charge in [-0.1, -0.05) is 85.0 Å². The fraction of sp³-hybridized carbons (Fsp3) is 0. The predicted molar refractivity (Wildman–Crippen MR) is 107 cm³/mol. The van der Waals surface area contributed by atoms with Gasteiger partial charge in [0.25, 0.3) is 0 Å². The Balaban J connectivity index is 2.09. The topological polar surface area (TPSA) is 47.6 Å². The maximum Gasteiger partial charge on any atom is 0.0998 e. The van der Waals surface area contributed by atoms with Crippen LogP contribution in [0.15, 0.2) is 72.8 Å². The van der Waals surface area contributed by atoms with Crippen molar-refractivity contribution in [1.29, 1.82) is 10.5 Å². The Morgan fingerprint density at radius 1 is 0.500 bits per heavy atom. The van der Waals surface area contributed by atoms with Crippen LogP contribution in [-0.4, -0.2) is 0 Å². The molecule has 0 radical (unpaired) electrons. The first kappa shape index (κ1) is 17.0. The highest BCUT2D eigenvalue weighted by Crippen LogP contribution is 2.24. The van der Waals surface area contributed by atoms with Crippen LogP contribution in [-0.2, 0) is 0 Å². The lowest BCUT2D eigenvalue weighted by molar-refractivity contribution is 1.42. The van der Waals surface area contributed by atoms with Crippen LogP contribution in [0, 0.1) is 22.7 Å². The van der Waals surface area contributed by atoms with Gasteiger partial charge in [-0.2, -0.15) is 10.5 Å². The summed E-state index contributed by atoms with van der Waals surface area (Å²) in [7, 11) is 0. The highest BCUT2D eigenvalue weighted by Gasteiger charge is 2.09. The molecule has 0 heterocycles. The van der Waals surface area contributed by atoms with Crippen LogP contribution in [0.5, 0.6) is 0 Å². The first-order chi connectivity index (χ1) is 12.8. The smallest absolute Gasteiger partial charge is 0.0998 e. The van der Waals surface area contributed by atoms with Crippen molar-refractivity contribution in [2.24, 2.45) is 0 Å². The number of nitrogens with zero attached hydrogens (tertiary/aromatic N) is 2. The van der Waals surface area contributed by atoms with Crippen LogP contribution in [0.2, 0.25) is 0 Å². The first-order valence-corrected chi connectivity index (χ1v) is 8.25. The molecule has 0 amide bonds. The van der Waals surface area contributed by atoms with Gasteiger partial charge in [0.1, 0.15) is 0 Å². The monoisotopic (exact) mass is 332 g/mol. The van der Waals surface area contributed by atoms with Crippen molar-refractivity contribution in [2.45, 2.75) is 0 Å². The van der Waals surface area contributed by atoms with E-state index in [4.69, 9.17) is 0 Å². The minimum Gasteiger partial charge on any atom is -0.192 e. The molecule has 0 aromatic heterocycles. The lowest BCUT2D eigenvalue weighted by atomic mass is 9.95. The number of hydrogen-bond donors (Lipinski definition) is 0. The van der Waals surface area contributed by atoms with Gasteiger partial charge in [0.05, 0.1) is 23.3 Å². The van der Waals surface area contributed by atoms with Crippen molar-refractivity contribution >= 4 is 24.3 Å². The standard InChI is InChI=1S/C24H16N2/c25-17-21-13-14-22(18-26)24(16-12-20-9-5-2-6-10-20)23(21)15-11-19-7-3-1-4-8-19/h1-16H. The zero-order valence-electron chi connectivity index (χ0n) is 14.1. The minimum atomic E-state index is 0.545. The van der Waals surface area contributed by atoms with Crippen molar-refractivity contribution in [1.82, 2.24) is 0 Å². The van der Waals surface area contributed by atoms with E-state index in [9.17, 15) is 10.5 Å². The molecule has 0 bridgehead atoms. The van der Waals surface area contributed by atoms with E-state index in [0.29, 0.717) is 11.1 Å². The highest BCUT2D eigenvalue weighted by atomic mass is 14.3. The minimum absolute atomic E-state index is 0.545. The molecule has 3 aromatic carbocycles. The van der Waals surface area contributed by atoms with Gasteiger partial charge in [-0.05, 0) is 23.3 Å². The van der Waals surface area contributed by atoms with Crippen molar-refractivity contribution in [3.8, 4) is 12.1 Å².